The molecule has 42 heavy (non-hydrogen) atoms. The van der Waals surface area contributed by atoms with Crippen molar-refractivity contribution in [1.29, 1.82) is 0 Å². The van der Waals surface area contributed by atoms with Crippen molar-refractivity contribution in [3.8, 4) is 0 Å². The Bertz CT molecular complexity index is 1100. The first-order valence-corrected chi connectivity index (χ1v) is 13.1. The predicted octanol–water partition coefficient (Wildman–Crippen LogP) is -3.49. The zero-order valence-electron chi connectivity index (χ0n) is 23.5. The summed E-state index contributed by atoms with van der Waals surface area (Å²) >= 11 is 0. The van der Waals surface area contributed by atoms with Gasteiger partial charge in [0.05, 0.1) is 18.8 Å². The highest BCUT2D eigenvalue weighted by molar-refractivity contribution is 5.96. The van der Waals surface area contributed by atoms with Gasteiger partial charge >= 0.3 is 11.9 Å². The summed E-state index contributed by atoms with van der Waals surface area (Å²) in [6.45, 7) is 3.08. The molecule has 1 heterocycles. The molecule has 0 saturated heterocycles. The van der Waals surface area contributed by atoms with Gasteiger partial charge in [-0.2, -0.15) is 0 Å². The minimum atomic E-state index is -1.57. The number of aromatic nitrogens is 2. The molecule has 18 heteroatoms. The number of nitrogens with one attached hydrogen (secondary N) is 5. The van der Waals surface area contributed by atoms with E-state index < -0.39 is 72.7 Å². The molecule has 234 valence electrons. The second-order valence-electron chi connectivity index (χ2n) is 9.86. The number of carboxylic acids is 2. The maximum absolute atomic E-state index is 13.3. The third-order valence-electron chi connectivity index (χ3n) is 5.68. The number of hydrogen-bond acceptors (Lipinski definition) is 9. The lowest BCUT2D eigenvalue weighted by Gasteiger charge is -2.25. The van der Waals surface area contributed by atoms with Crippen LogP contribution < -0.4 is 38.5 Å². The number of nitrogens with two attached hydrogens (primary N) is 3. The van der Waals surface area contributed by atoms with Crippen molar-refractivity contribution >= 4 is 41.5 Å². The zero-order chi connectivity index (χ0) is 31.8. The molecule has 1 aromatic rings. The van der Waals surface area contributed by atoms with Gasteiger partial charge in [0.25, 0.3) is 0 Å². The number of aliphatic carboxylic acids is 2. The number of aliphatic imine (C=N–C) groups is 1. The van der Waals surface area contributed by atoms with Crippen molar-refractivity contribution in [3.63, 3.8) is 0 Å². The topological polar surface area (TPSA) is 310 Å². The van der Waals surface area contributed by atoms with Gasteiger partial charge in [-0.25, -0.2) is 4.98 Å². The van der Waals surface area contributed by atoms with Gasteiger partial charge in [0, 0.05) is 24.9 Å². The van der Waals surface area contributed by atoms with Crippen LogP contribution in [0, 0.1) is 5.92 Å². The summed E-state index contributed by atoms with van der Waals surface area (Å²) in [5, 5.41) is 27.6. The van der Waals surface area contributed by atoms with E-state index in [9.17, 15) is 33.9 Å². The van der Waals surface area contributed by atoms with Crippen LogP contribution in [0.15, 0.2) is 17.5 Å². The van der Waals surface area contributed by atoms with Gasteiger partial charge in [-0.05, 0) is 25.2 Å². The Labute approximate surface area is 241 Å². The number of amides is 4. The Morgan fingerprint density at radius 3 is 2.10 bits per heavy atom. The number of carbonyl (C=O) groups is 6. The van der Waals surface area contributed by atoms with Gasteiger partial charge in [-0.1, -0.05) is 13.8 Å². The molecular formula is C24H40N10O8. The van der Waals surface area contributed by atoms with Crippen LogP contribution >= 0.6 is 0 Å². The van der Waals surface area contributed by atoms with Crippen molar-refractivity contribution in [2.24, 2.45) is 28.1 Å². The highest BCUT2D eigenvalue weighted by Gasteiger charge is 2.32. The summed E-state index contributed by atoms with van der Waals surface area (Å²) in [5.74, 6) is -6.21. The highest BCUT2D eigenvalue weighted by Crippen LogP contribution is 2.07. The summed E-state index contributed by atoms with van der Waals surface area (Å²) in [4.78, 5) is 84.5. The third kappa shape index (κ3) is 14.1. The first-order valence-electron chi connectivity index (χ1n) is 13.1. The lowest BCUT2D eigenvalue weighted by molar-refractivity contribution is -0.141. The van der Waals surface area contributed by atoms with E-state index >= 15 is 0 Å². The Balaban J connectivity index is 3.16. The second-order valence-corrected chi connectivity index (χ2v) is 9.86. The molecule has 1 aromatic heterocycles. The molecule has 0 aliphatic carbocycles. The maximum Gasteiger partial charge on any atom is 0.322 e. The van der Waals surface area contributed by atoms with Crippen LogP contribution in [0.4, 0.5) is 0 Å². The van der Waals surface area contributed by atoms with Crippen LogP contribution in [0.1, 0.15) is 45.2 Å². The number of guanidine groups is 1. The Hall–Kier alpha value is -4.74. The average Bonchev–Trinajstić information content (AvgIpc) is 3.40. The number of hydrogen-bond donors (Lipinski definition) is 10. The summed E-state index contributed by atoms with van der Waals surface area (Å²) in [5.41, 5.74) is 16.9. The van der Waals surface area contributed by atoms with Crippen LogP contribution in [0.25, 0.3) is 0 Å². The highest BCUT2D eigenvalue weighted by atomic mass is 16.4. The van der Waals surface area contributed by atoms with Crippen LogP contribution in [-0.4, -0.2) is 99.0 Å². The lowest BCUT2D eigenvalue weighted by atomic mass is 10.0. The van der Waals surface area contributed by atoms with E-state index in [0.29, 0.717) is 5.69 Å². The Kier molecular flexibility index (Phi) is 15.0. The number of carboxylic acid groups (broad SMARTS) is 2. The van der Waals surface area contributed by atoms with E-state index in [0.717, 1.165) is 0 Å². The van der Waals surface area contributed by atoms with E-state index in [1.165, 1.54) is 12.5 Å². The molecule has 0 fully saturated rings. The summed E-state index contributed by atoms with van der Waals surface area (Å²) in [6, 6.07) is -5.18. The second kappa shape index (κ2) is 17.8. The largest absolute Gasteiger partial charge is 0.481 e. The van der Waals surface area contributed by atoms with Crippen molar-refractivity contribution < 1.29 is 39.0 Å². The summed E-state index contributed by atoms with van der Waals surface area (Å²) in [7, 11) is 0. The van der Waals surface area contributed by atoms with Gasteiger partial charge < -0.3 is 53.7 Å². The monoisotopic (exact) mass is 596 g/mol. The molecule has 0 spiro atoms. The fraction of sp³-hybridized carbons (Fsp3) is 0.583. The molecule has 0 aliphatic rings. The predicted molar refractivity (Wildman–Crippen MR) is 148 cm³/mol. The van der Waals surface area contributed by atoms with E-state index in [1.807, 2.05) is 13.8 Å². The Morgan fingerprint density at radius 2 is 1.55 bits per heavy atom. The molecule has 4 unspecified atom stereocenters. The first kappa shape index (κ1) is 35.3. The molecule has 0 bridgehead atoms. The van der Waals surface area contributed by atoms with Crippen molar-refractivity contribution in [2.45, 2.75) is 70.1 Å². The fourth-order valence-corrected chi connectivity index (χ4v) is 3.71. The van der Waals surface area contributed by atoms with E-state index in [1.54, 1.807) is 0 Å². The number of carbonyl (C=O) groups excluding carboxylic acids is 4. The number of nitrogens with zero attached hydrogens (tertiary/aromatic N) is 2. The standard InChI is InChI=1S/C24H40N10O8/c1-12(2)6-14(25)20(39)33-17(8-18(35)36)23(42)34-16(7-13-9-28-11-31-13)22(41)32-15(4-3-5-29-24(26)27)21(40)30-10-19(37)38/h9,11-12,14-17H,3-8,10,25H2,1-2H3,(H,28,31)(H,30,40)(H,32,41)(H,33,39)(H,34,42)(H,35,36)(H,37,38)(H4,26,27,29). The summed E-state index contributed by atoms with van der Waals surface area (Å²) < 4.78 is 0. The van der Waals surface area contributed by atoms with Crippen molar-refractivity contribution in [1.82, 2.24) is 31.2 Å². The minimum absolute atomic E-state index is 0.00410. The summed E-state index contributed by atoms with van der Waals surface area (Å²) in [6.07, 6.45) is 2.29. The molecule has 18 nitrogen and oxygen atoms in total. The lowest BCUT2D eigenvalue weighted by Crippen LogP contribution is -2.58. The van der Waals surface area contributed by atoms with E-state index in [4.69, 9.17) is 22.3 Å². The molecule has 0 aliphatic heterocycles. The van der Waals surface area contributed by atoms with Crippen molar-refractivity contribution in [3.05, 3.63) is 18.2 Å². The van der Waals surface area contributed by atoms with Gasteiger partial charge in [-0.3, -0.25) is 33.8 Å². The van der Waals surface area contributed by atoms with Gasteiger partial charge in [0.1, 0.15) is 24.7 Å². The van der Waals surface area contributed by atoms with Gasteiger partial charge in [0.2, 0.25) is 23.6 Å². The first-order chi connectivity index (χ1) is 19.7. The third-order valence-corrected chi connectivity index (χ3v) is 5.68. The minimum Gasteiger partial charge on any atom is -0.481 e. The van der Waals surface area contributed by atoms with Crippen molar-refractivity contribution in [2.75, 3.05) is 13.1 Å². The van der Waals surface area contributed by atoms with Gasteiger partial charge in [0.15, 0.2) is 5.96 Å². The molecule has 1 rings (SSSR count). The van der Waals surface area contributed by atoms with E-state index in [2.05, 4.69) is 36.2 Å². The molecule has 4 atom stereocenters. The molecule has 0 aromatic carbocycles. The quantitative estimate of drug-likeness (QED) is 0.0423. The van der Waals surface area contributed by atoms with Crippen LogP contribution in [-0.2, 0) is 35.2 Å². The molecule has 4 amide bonds. The number of imidazole rings is 1. The fourth-order valence-electron chi connectivity index (χ4n) is 3.71. The SMILES string of the molecule is CC(C)CC(N)C(=O)NC(CC(=O)O)C(=O)NC(Cc1cnc[nH]1)C(=O)NC(CCCN=C(N)N)C(=O)NCC(=O)O. The van der Waals surface area contributed by atoms with E-state index in [-0.39, 0.29) is 44.1 Å². The molecule has 0 saturated carbocycles. The smallest absolute Gasteiger partial charge is 0.322 e. The molecule has 0 radical (unpaired) electrons. The zero-order valence-corrected chi connectivity index (χ0v) is 23.5. The van der Waals surface area contributed by atoms with Crippen LogP contribution in [0.2, 0.25) is 0 Å². The number of H-pyrrole nitrogens is 1. The van der Waals surface area contributed by atoms with Crippen LogP contribution in [0.3, 0.4) is 0 Å². The maximum atomic E-state index is 13.3. The molecular weight excluding hydrogens is 556 g/mol. The average molecular weight is 597 g/mol. The number of rotatable bonds is 19. The van der Waals surface area contributed by atoms with Gasteiger partial charge in [-0.15, -0.1) is 0 Å². The number of aromatic amines is 1. The Morgan fingerprint density at radius 1 is 0.929 bits per heavy atom. The molecule has 13 N–H and O–H groups in total. The normalized spacial score (nSPS) is 13.6. The van der Waals surface area contributed by atoms with Crippen LogP contribution in [0.5, 0.6) is 0 Å².